The number of hydrogen-bond donors (Lipinski definition) is 0. The smallest absolute Gasteiger partial charge is 0.269 e. The van der Waals surface area contributed by atoms with Crippen LogP contribution in [0.15, 0.2) is 73.1 Å². The molecule has 0 aliphatic rings. The molecular formula is C19H14N4O2. The molecule has 0 atom stereocenters. The molecule has 0 aliphatic heterocycles. The Bertz CT molecular complexity index is 1060. The summed E-state index contributed by atoms with van der Waals surface area (Å²) in [4.78, 5) is 19.5. The quantitative estimate of drug-likeness (QED) is 0.418. The highest BCUT2D eigenvalue weighted by atomic mass is 16.6. The maximum Gasteiger partial charge on any atom is 0.269 e. The van der Waals surface area contributed by atoms with Crippen molar-refractivity contribution in [1.29, 1.82) is 0 Å². The highest BCUT2D eigenvalue weighted by Crippen LogP contribution is 2.26. The molecule has 0 radical (unpaired) electrons. The molecule has 0 unspecified atom stereocenters. The fraction of sp³-hybridized carbons (Fsp3) is 0.0526. The Hall–Kier alpha value is -3.54. The standard InChI is InChI=1S/C19H14N4O2/c24-23(25)16-5-3-4-14(12-16)13-22-18-7-2-1-6-17(18)21-19(22)15-8-10-20-11-9-15/h1-12H,13H2. The molecule has 0 aliphatic carbocycles. The predicted molar refractivity (Wildman–Crippen MR) is 95.2 cm³/mol. The van der Waals surface area contributed by atoms with Crippen LogP contribution in [0.4, 0.5) is 5.69 Å². The zero-order valence-electron chi connectivity index (χ0n) is 13.2. The summed E-state index contributed by atoms with van der Waals surface area (Å²) in [5, 5.41) is 11.0. The molecule has 122 valence electrons. The summed E-state index contributed by atoms with van der Waals surface area (Å²) in [6.45, 7) is 0.500. The Labute approximate surface area is 143 Å². The van der Waals surface area contributed by atoms with Crippen molar-refractivity contribution in [2.24, 2.45) is 0 Å². The highest BCUT2D eigenvalue weighted by molar-refractivity contribution is 5.80. The molecule has 4 rings (SSSR count). The molecule has 0 saturated carbocycles. The third kappa shape index (κ3) is 2.85. The van der Waals surface area contributed by atoms with Crippen LogP contribution in [0.25, 0.3) is 22.4 Å². The largest absolute Gasteiger partial charge is 0.319 e. The van der Waals surface area contributed by atoms with Gasteiger partial charge in [0.2, 0.25) is 0 Å². The van der Waals surface area contributed by atoms with Crippen LogP contribution in [-0.2, 0) is 6.54 Å². The summed E-state index contributed by atoms with van der Waals surface area (Å²) in [5.41, 5.74) is 3.78. The fourth-order valence-corrected chi connectivity index (χ4v) is 2.91. The first-order chi connectivity index (χ1) is 12.2. The van der Waals surface area contributed by atoms with E-state index in [2.05, 4.69) is 9.55 Å². The Morgan fingerprint density at radius 1 is 1.00 bits per heavy atom. The first-order valence-electron chi connectivity index (χ1n) is 7.81. The number of benzene rings is 2. The minimum Gasteiger partial charge on any atom is -0.319 e. The molecule has 0 fully saturated rings. The second kappa shape index (κ2) is 6.16. The second-order valence-corrected chi connectivity index (χ2v) is 5.67. The van der Waals surface area contributed by atoms with Gasteiger partial charge in [-0.2, -0.15) is 0 Å². The van der Waals surface area contributed by atoms with Crippen LogP contribution in [0, 0.1) is 10.1 Å². The zero-order valence-corrected chi connectivity index (χ0v) is 13.2. The van der Waals surface area contributed by atoms with Crippen molar-refractivity contribution >= 4 is 16.7 Å². The van der Waals surface area contributed by atoms with Crippen molar-refractivity contribution in [2.45, 2.75) is 6.54 Å². The van der Waals surface area contributed by atoms with Gasteiger partial charge in [-0.05, 0) is 29.8 Å². The monoisotopic (exact) mass is 330 g/mol. The van der Waals surface area contributed by atoms with Crippen molar-refractivity contribution in [1.82, 2.24) is 14.5 Å². The second-order valence-electron chi connectivity index (χ2n) is 5.67. The van der Waals surface area contributed by atoms with Crippen molar-refractivity contribution in [3.8, 4) is 11.4 Å². The normalized spacial score (nSPS) is 10.9. The first-order valence-corrected chi connectivity index (χ1v) is 7.81. The van der Waals surface area contributed by atoms with Gasteiger partial charge in [0, 0.05) is 36.6 Å². The third-order valence-corrected chi connectivity index (χ3v) is 4.06. The SMILES string of the molecule is O=[N+]([O-])c1cccc(Cn2c(-c3ccncc3)nc3ccccc32)c1. The van der Waals surface area contributed by atoms with E-state index in [1.165, 1.54) is 6.07 Å². The molecule has 6 heteroatoms. The molecule has 6 nitrogen and oxygen atoms in total. The van der Waals surface area contributed by atoms with Crippen molar-refractivity contribution < 1.29 is 4.92 Å². The van der Waals surface area contributed by atoms with Crippen LogP contribution in [-0.4, -0.2) is 19.5 Å². The van der Waals surface area contributed by atoms with Crippen LogP contribution >= 0.6 is 0 Å². The van der Waals surface area contributed by atoms with E-state index in [4.69, 9.17) is 4.98 Å². The van der Waals surface area contributed by atoms with Crippen molar-refractivity contribution in [3.05, 3.63) is 88.7 Å². The molecule has 0 spiro atoms. The lowest BCUT2D eigenvalue weighted by Gasteiger charge is -2.09. The number of nitrogens with zero attached hydrogens (tertiary/aromatic N) is 4. The zero-order chi connectivity index (χ0) is 17.2. The average Bonchev–Trinajstić information content (AvgIpc) is 3.01. The van der Waals surface area contributed by atoms with E-state index in [0.29, 0.717) is 6.54 Å². The summed E-state index contributed by atoms with van der Waals surface area (Å²) in [6, 6.07) is 18.4. The fourth-order valence-electron chi connectivity index (χ4n) is 2.91. The van der Waals surface area contributed by atoms with Crippen molar-refractivity contribution in [3.63, 3.8) is 0 Å². The lowest BCUT2D eigenvalue weighted by atomic mass is 10.2. The van der Waals surface area contributed by atoms with Gasteiger partial charge in [0.1, 0.15) is 5.82 Å². The van der Waals surface area contributed by atoms with Gasteiger partial charge in [-0.1, -0.05) is 24.3 Å². The van der Waals surface area contributed by atoms with Gasteiger partial charge in [0.15, 0.2) is 0 Å². The molecule has 25 heavy (non-hydrogen) atoms. The molecule has 2 aromatic heterocycles. The van der Waals surface area contributed by atoms with E-state index >= 15 is 0 Å². The van der Waals surface area contributed by atoms with Crippen LogP contribution in [0.1, 0.15) is 5.56 Å². The van der Waals surface area contributed by atoms with Crippen LogP contribution in [0.3, 0.4) is 0 Å². The number of para-hydroxylation sites is 2. The molecule has 2 aromatic carbocycles. The van der Waals surface area contributed by atoms with E-state index in [0.717, 1.165) is 28.0 Å². The van der Waals surface area contributed by atoms with Gasteiger partial charge >= 0.3 is 0 Å². The minimum atomic E-state index is -0.376. The van der Waals surface area contributed by atoms with Gasteiger partial charge in [-0.3, -0.25) is 15.1 Å². The Balaban J connectivity index is 1.86. The van der Waals surface area contributed by atoms with Gasteiger partial charge < -0.3 is 4.57 Å². The molecular weight excluding hydrogens is 316 g/mol. The highest BCUT2D eigenvalue weighted by Gasteiger charge is 2.14. The van der Waals surface area contributed by atoms with Gasteiger partial charge in [0.05, 0.1) is 16.0 Å². The Kier molecular flexibility index (Phi) is 3.70. The molecule has 0 saturated heterocycles. The number of nitro groups is 1. The summed E-state index contributed by atoms with van der Waals surface area (Å²) < 4.78 is 2.07. The third-order valence-electron chi connectivity index (χ3n) is 4.06. The van der Waals surface area contributed by atoms with E-state index in [9.17, 15) is 10.1 Å². The van der Waals surface area contributed by atoms with Gasteiger partial charge in [-0.25, -0.2) is 4.98 Å². The number of non-ortho nitro benzene ring substituents is 1. The van der Waals surface area contributed by atoms with Crippen LogP contribution in [0.5, 0.6) is 0 Å². The minimum absolute atomic E-state index is 0.0902. The molecule has 0 bridgehead atoms. The number of rotatable bonds is 4. The molecule has 0 N–H and O–H groups in total. The van der Waals surface area contributed by atoms with E-state index in [1.807, 2.05) is 42.5 Å². The summed E-state index contributed by atoms with van der Waals surface area (Å²) in [5.74, 6) is 0.815. The number of hydrogen-bond acceptors (Lipinski definition) is 4. The van der Waals surface area contributed by atoms with Gasteiger partial charge in [-0.15, -0.1) is 0 Å². The van der Waals surface area contributed by atoms with Crippen molar-refractivity contribution in [2.75, 3.05) is 0 Å². The Morgan fingerprint density at radius 3 is 2.60 bits per heavy atom. The number of pyridine rings is 1. The lowest BCUT2D eigenvalue weighted by Crippen LogP contribution is -2.03. The maximum atomic E-state index is 11.0. The van der Waals surface area contributed by atoms with Crippen LogP contribution < -0.4 is 0 Å². The average molecular weight is 330 g/mol. The summed E-state index contributed by atoms with van der Waals surface area (Å²) in [6.07, 6.45) is 3.46. The molecule has 0 amide bonds. The summed E-state index contributed by atoms with van der Waals surface area (Å²) >= 11 is 0. The lowest BCUT2D eigenvalue weighted by molar-refractivity contribution is -0.384. The molecule has 4 aromatic rings. The summed E-state index contributed by atoms with van der Waals surface area (Å²) in [7, 11) is 0. The topological polar surface area (TPSA) is 73.8 Å². The van der Waals surface area contributed by atoms with E-state index in [-0.39, 0.29) is 10.6 Å². The number of imidazole rings is 1. The van der Waals surface area contributed by atoms with E-state index < -0.39 is 0 Å². The van der Waals surface area contributed by atoms with Crippen LogP contribution in [0.2, 0.25) is 0 Å². The first kappa shape index (κ1) is 15.0. The van der Waals surface area contributed by atoms with E-state index in [1.54, 1.807) is 24.5 Å². The Morgan fingerprint density at radius 2 is 1.80 bits per heavy atom. The number of aromatic nitrogens is 3. The predicted octanol–water partition coefficient (Wildman–Crippen LogP) is 4.05. The van der Waals surface area contributed by atoms with Gasteiger partial charge in [0.25, 0.3) is 5.69 Å². The molecule has 2 heterocycles. The number of fused-ring (bicyclic) bond motifs is 1. The number of nitro benzene ring substituents is 1. The maximum absolute atomic E-state index is 11.0.